The molecule has 0 heterocycles. The molecule has 0 spiro atoms. The zero-order chi connectivity index (χ0) is 15.6. The third-order valence-electron chi connectivity index (χ3n) is 3.93. The van der Waals surface area contributed by atoms with E-state index in [2.05, 4.69) is 5.32 Å². The topological polar surface area (TPSA) is 49.4 Å². The molecule has 4 nitrogen and oxygen atoms in total. The molecule has 1 aliphatic carbocycles. The predicted molar refractivity (Wildman–Crippen MR) is 76.3 cm³/mol. The van der Waals surface area contributed by atoms with Gasteiger partial charge in [-0.1, -0.05) is 12.8 Å². The highest BCUT2D eigenvalue weighted by atomic mass is 32.2. The van der Waals surface area contributed by atoms with Gasteiger partial charge in [0.05, 0.1) is 0 Å². The number of hydrogen-bond donors (Lipinski definition) is 1. The number of sulfonamides is 1. The summed E-state index contributed by atoms with van der Waals surface area (Å²) < 4.78 is 53.9. The fourth-order valence-corrected chi connectivity index (χ4v) is 4.27. The van der Waals surface area contributed by atoms with E-state index >= 15 is 0 Å². The van der Waals surface area contributed by atoms with Crippen LogP contribution >= 0.6 is 0 Å². The SMILES string of the molecule is CNCc1cc(F)c(F)c(S(=O)(=O)N(C)C2CCCC2)c1. The summed E-state index contributed by atoms with van der Waals surface area (Å²) in [6, 6.07) is 2.08. The van der Waals surface area contributed by atoms with Crippen molar-refractivity contribution in [1.29, 1.82) is 0 Å². The molecule has 1 N–H and O–H groups in total. The number of halogens is 2. The van der Waals surface area contributed by atoms with Crippen molar-refractivity contribution in [2.45, 2.75) is 43.2 Å². The van der Waals surface area contributed by atoms with Crippen molar-refractivity contribution in [3.8, 4) is 0 Å². The molecule has 1 saturated carbocycles. The Balaban J connectivity index is 2.43. The van der Waals surface area contributed by atoms with E-state index in [1.165, 1.54) is 17.4 Å². The van der Waals surface area contributed by atoms with Crippen molar-refractivity contribution in [2.75, 3.05) is 14.1 Å². The van der Waals surface area contributed by atoms with Crippen molar-refractivity contribution in [2.24, 2.45) is 0 Å². The average molecular weight is 318 g/mol. The Kier molecular flexibility index (Phi) is 4.95. The molecule has 0 aromatic heterocycles. The summed E-state index contributed by atoms with van der Waals surface area (Å²) in [6.45, 7) is 0.271. The smallest absolute Gasteiger partial charge is 0.246 e. The Labute approximate surface area is 124 Å². The monoisotopic (exact) mass is 318 g/mol. The van der Waals surface area contributed by atoms with E-state index in [0.717, 1.165) is 31.7 Å². The molecule has 0 saturated heterocycles. The molecule has 0 aliphatic heterocycles. The van der Waals surface area contributed by atoms with E-state index < -0.39 is 26.6 Å². The van der Waals surface area contributed by atoms with Gasteiger partial charge in [-0.3, -0.25) is 0 Å². The summed E-state index contributed by atoms with van der Waals surface area (Å²) in [5.74, 6) is -2.44. The van der Waals surface area contributed by atoms with E-state index in [9.17, 15) is 17.2 Å². The molecule has 0 radical (unpaired) electrons. The van der Waals surface area contributed by atoms with E-state index in [4.69, 9.17) is 0 Å². The number of benzene rings is 1. The lowest BCUT2D eigenvalue weighted by Crippen LogP contribution is -2.35. The Morgan fingerprint density at radius 1 is 1.29 bits per heavy atom. The van der Waals surface area contributed by atoms with Gasteiger partial charge in [0.2, 0.25) is 10.0 Å². The van der Waals surface area contributed by atoms with Crippen LogP contribution in [0.5, 0.6) is 0 Å². The first-order valence-corrected chi connectivity index (χ1v) is 8.42. The zero-order valence-electron chi connectivity index (χ0n) is 12.2. The number of nitrogens with one attached hydrogen (secondary N) is 1. The van der Waals surface area contributed by atoms with Gasteiger partial charge in [-0.05, 0) is 37.6 Å². The summed E-state index contributed by atoms with van der Waals surface area (Å²) in [5, 5.41) is 2.80. The van der Waals surface area contributed by atoms with Crippen molar-refractivity contribution < 1.29 is 17.2 Å². The van der Waals surface area contributed by atoms with Crippen LogP contribution in [0.25, 0.3) is 0 Å². The molecular weight excluding hydrogens is 298 g/mol. The molecule has 7 heteroatoms. The van der Waals surface area contributed by atoms with Crippen LogP contribution in [0.4, 0.5) is 8.78 Å². The van der Waals surface area contributed by atoms with E-state index in [-0.39, 0.29) is 12.6 Å². The summed E-state index contributed by atoms with van der Waals surface area (Å²) in [4.78, 5) is -0.581. The van der Waals surface area contributed by atoms with Crippen LogP contribution in [0.1, 0.15) is 31.2 Å². The van der Waals surface area contributed by atoms with Gasteiger partial charge in [-0.2, -0.15) is 4.31 Å². The fourth-order valence-electron chi connectivity index (χ4n) is 2.73. The second-order valence-corrected chi connectivity index (χ2v) is 7.35. The highest BCUT2D eigenvalue weighted by molar-refractivity contribution is 7.89. The van der Waals surface area contributed by atoms with Crippen LogP contribution in [0.15, 0.2) is 17.0 Å². The second kappa shape index (κ2) is 6.37. The van der Waals surface area contributed by atoms with Gasteiger partial charge in [0, 0.05) is 19.6 Å². The van der Waals surface area contributed by atoms with Gasteiger partial charge < -0.3 is 5.32 Å². The summed E-state index contributed by atoms with van der Waals surface area (Å²) in [7, 11) is -0.935. The fraction of sp³-hybridized carbons (Fsp3) is 0.571. The minimum atomic E-state index is -4.03. The van der Waals surface area contributed by atoms with E-state index in [1.807, 2.05) is 0 Å². The average Bonchev–Trinajstić information content (AvgIpc) is 2.95. The van der Waals surface area contributed by atoms with Crippen LogP contribution < -0.4 is 5.32 Å². The largest absolute Gasteiger partial charge is 0.316 e. The van der Waals surface area contributed by atoms with E-state index in [0.29, 0.717) is 5.56 Å². The molecule has 1 fully saturated rings. The Morgan fingerprint density at radius 2 is 1.90 bits per heavy atom. The highest BCUT2D eigenvalue weighted by Gasteiger charge is 2.33. The minimum Gasteiger partial charge on any atom is -0.316 e. The maximum atomic E-state index is 14.0. The molecule has 2 rings (SSSR count). The van der Waals surface area contributed by atoms with Crippen LogP contribution in [0, 0.1) is 11.6 Å². The van der Waals surface area contributed by atoms with Crippen LogP contribution in [0.3, 0.4) is 0 Å². The maximum absolute atomic E-state index is 14.0. The Bertz CT molecular complexity index is 614. The summed E-state index contributed by atoms with van der Waals surface area (Å²) >= 11 is 0. The van der Waals surface area contributed by atoms with Gasteiger partial charge in [-0.15, -0.1) is 0 Å². The molecule has 0 unspecified atom stereocenters. The first-order valence-electron chi connectivity index (χ1n) is 6.98. The third kappa shape index (κ3) is 3.25. The van der Waals surface area contributed by atoms with Gasteiger partial charge in [-0.25, -0.2) is 17.2 Å². The lowest BCUT2D eigenvalue weighted by atomic mass is 10.2. The normalized spacial score (nSPS) is 16.8. The molecule has 1 aromatic carbocycles. The third-order valence-corrected chi connectivity index (χ3v) is 5.84. The molecule has 1 aliphatic rings. The first kappa shape index (κ1) is 16.3. The van der Waals surface area contributed by atoms with Gasteiger partial charge in [0.1, 0.15) is 4.90 Å². The molecule has 118 valence electrons. The minimum absolute atomic E-state index is 0.134. The van der Waals surface area contributed by atoms with Gasteiger partial charge >= 0.3 is 0 Å². The summed E-state index contributed by atoms with van der Waals surface area (Å²) in [6.07, 6.45) is 3.44. The molecule has 0 amide bonds. The summed E-state index contributed by atoms with van der Waals surface area (Å²) in [5.41, 5.74) is 0.398. The number of hydrogen-bond acceptors (Lipinski definition) is 3. The van der Waals surface area contributed by atoms with E-state index in [1.54, 1.807) is 7.05 Å². The number of nitrogens with zero attached hydrogens (tertiary/aromatic N) is 1. The zero-order valence-corrected chi connectivity index (χ0v) is 13.0. The molecule has 1 aromatic rings. The van der Waals surface area contributed by atoms with Crippen LogP contribution in [-0.2, 0) is 16.6 Å². The van der Waals surface area contributed by atoms with Crippen molar-refractivity contribution in [3.63, 3.8) is 0 Å². The first-order chi connectivity index (χ1) is 9.87. The standard InChI is InChI=1S/C14H20F2N2O2S/c1-17-9-10-7-12(15)14(16)13(8-10)21(19,20)18(2)11-5-3-4-6-11/h7-8,11,17H,3-6,9H2,1-2H3. The van der Waals surface area contributed by atoms with Gasteiger partial charge in [0.15, 0.2) is 11.6 Å². The quantitative estimate of drug-likeness (QED) is 0.906. The molecule has 0 atom stereocenters. The Hall–Kier alpha value is -1.05. The predicted octanol–water partition coefficient (Wildman–Crippen LogP) is 2.25. The number of rotatable bonds is 5. The molecule has 0 bridgehead atoms. The maximum Gasteiger partial charge on any atom is 0.246 e. The molecule has 21 heavy (non-hydrogen) atoms. The van der Waals surface area contributed by atoms with Crippen LogP contribution in [0.2, 0.25) is 0 Å². The second-order valence-electron chi connectivity index (χ2n) is 5.38. The van der Waals surface area contributed by atoms with Gasteiger partial charge in [0.25, 0.3) is 0 Å². The molecular formula is C14H20F2N2O2S. The van der Waals surface area contributed by atoms with Crippen molar-refractivity contribution in [3.05, 3.63) is 29.3 Å². The highest BCUT2D eigenvalue weighted by Crippen LogP contribution is 2.29. The van der Waals surface area contributed by atoms with Crippen molar-refractivity contribution in [1.82, 2.24) is 9.62 Å². The lowest BCUT2D eigenvalue weighted by molar-refractivity contribution is 0.369. The van der Waals surface area contributed by atoms with Crippen LogP contribution in [-0.4, -0.2) is 32.9 Å². The lowest BCUT2D eigenvalue weighted by Gasteiger charge is -2.24. The Morgan fingerprint density at radius 3 is 2.48 bits per heavy atom. The van der Waals surface area contributed by atoms with Crippen molar-refractivity contribution >= 4 is 10.0 Å².